The lowest BCUT2D eigenvalue weighted by molar-refractivity contribution is -0.160. The Hall–Kier alpha value is -4.00. The van der Waals surface area contributed by atoms with Crippen LogP contribution < -0.4 is 14.2 Å². The van der Waals surface area contributed by atoms with E-state index in [2.05, 4.69) is 16.6 Å². The number of methoxy groups -OCH3 is 1. The number of esters is 1. The van der Waals surface area contributed by atoms with Crippen molar-refractivity contribution in [2.45, 2.75) is 115 Å². The van der Waals surface area contributed by atoms with Gasteiger partial charge in [0.05, 0.1) is 48.9 Å². The SMILES string of the molecule is COc1cnc(O[C@@H]2C[C@H]3C(=O)C[C@]4(C(=O)NS(=O)(=O)C5CC5)C[C@H]4/C=C\CC[C@H](C)C[C@@H](C)C(CC(=O)OC(C)(C)C)C(=O)N3C2)c2ccccc12. The molecule has 0 radical (unpaired) electrons. The number of ether oxygens (including phenoxy) is 3. The van der Waals surface area contributed by atoms with Crippen molar-refractivity contribution in [3.8, 4) is 11.6 Å². The molecule has 2 aliphatic heterocycles. The largest absolute Gasteiger partial charge is 0.494 e. The zero-order valence-electron chi connectivity index (χ0n) is 31.6. The first-order chi connectivity index (χ1) is 25.0. The Kier molecular flexibility index (Phi) is 11.0. The van der Waals surface area contributed by atoms with Gasteiger partial charge in [0.2, 0.25) is 27.7 Å². The summed E-state index contributed by atoms with van der Waals surface area (Å²) in [5, 5.41) is 0.907. The maximum atomic E-state index is 14.8. The van der Waals surface area contributed by atoms with Crippen LogP contribution in [0.15, 0.2) is 42.6 Å². The number of carbonyl (C=O) groups is 4. The minimum atomic E-state index is -3.85. The molecule has 3 fully saturated rings. The molecule has 0 spiro atoms. The number of carbonyl (C=O) groups excluding carboxylic acids is 4. The fourth-order valence-corrected chi connectivity index (χ4v) is 9.49. The third-order valence-corrected chi connectivity index (χ3v) is 13.0. The Morgan fingerprint density at radius 3 is 2.45 bits per heavy atom. The van der Waals surface area contributed by atoms with Gasteiger partial charge in [0, 0.05) is 23.6 Å². The smallest absolute Gasteiger partial charge is 0.307 e. The van der Waals surface area contributed by atoms with Gasteiger partial charge in [-0.3, -0.25) is 23.9 Å². The fraction of sp³-hybridized carbons (Fsp3) is 0.625. The minimum absolute atomic E-state index is 0.0585. The van der Waals surface area contributed by atoms with Crippen LogP contribution in [-0.4, -0.2) is 78.5 Å². The summed E-state index contributed by atoms with van der Waals surface area (Å²) in [4.78, 5) is 62.5. The second-order valence-corrected chi connectivity index (χ2v) is 18.6. The van der Waals surface area contributed by atoms with Crippen molar-refractivity contribution >= 4 is 44.4 Å². The van der Waals surface area contributed by atoms with Crippen molar-refractivity contribution in [3.63, 3.8) is 0 Å². The minimum Gasteiger partial charge on any atom is -0.494 e. The number of hydrogen-bond acceptors (Lipinski definition) is 10. The van der Waals surface area contributed by atoms with E-state index in [1.807, 2.05) is 43.3 Å². The molecule has 7 atom stereocenters. The van der Waals surface area contributed by atoms with Gasteiger partial charge in [0.25, 0.3) is 0 Å². The van der Waals surface area contributed by atoms with Crippen LogP contribution in [0.5, 0.6) is 11.6 Å². The van der Waals surface area contributed by atoms with Crippen molar-refractivity contribution in [1.82, 2.24) is 14.6 Å². The van der Waals surface area contributed by atoms with Gasteiger partial charge >= 0.3 is 5.97 Å². The van der Waals surface area contributed by atoms with E-state index in [0.717, 1.165) is 18.2 Å². The molecule has 1 N–H and O–H groups in total. The molecule has 4 aliphatic rings. The highest BCUT2D eigenvalue weighted by Gasteiger charge is 2.61. The molecule has 1 saturated heterocycles. The summed E-state index contributed by atoms with van der Waals surface area (Å²) in [5.74, 6) is -2.02. The van der Waals surface area contributed by atoms with Gasteiger partial charge in [-0.25, -0.2) is 13.4 Å². The maximum absolute atomic E-state index is 14.8. The average Bonchev–Trinajstić information content (AvgIpc) is 4.01. The van der Waals surface area contributed by atoms with Crippen molar-refractivity contribution in [1.29, 1.82) is 0 Å². The Bertz CT molecular complexity index is 1880. The first-order valence-electron chi connectivity index (χ1n) is 18.9. The van der Waals surface area contributed by atoms with Crippen LogP contribution in [0.4, 0.5) is 0 Å². The molecule has 13 heteroatoms. The number of amides is 2. The summed E-state index contributed by atoms with van der Waals surface area (Å²) in [6.45, 7) is 9.49. The normalized spacial score (nSPS) is 30.3. The third kappa shape index (κ3) is 8.71. The highest BCUT2D eigenvalue weighted by molar-refractivity contribution is 7.90. The van der Waals surface area contributed by atoms with E-state index in [-0.39, 0.29) is 55.3 Å². The molecule has 6 rings (SSSR count). The number of benzene rings is 1. The molecule has 2 aromatic rings. The van der Waals surface area contributed by atoms with E-state index in [0.29, 0.717) is 42.7 Å². The number of sulfonamides is 1. The molecule has 288 valence electrons. The van der Waals surface area contributed by atoms with Crippen molar-refractivity contribution in [2.75, 3.05) is 13.7 Å². The van der Waals surface area contributed by atoms with E-state index >= 15 is 0 Å². The molecular weight excluding hydrogens is 699 g/mol. The average molecular weight is 752 g/mol. The molecule has 1 aromatic carbocycles. The number of allylic oxidation sites excluding steroid dienone is 2. The van der Waals surface area contributed by atoms with Crippen molar-refractivity contribution < 1.29 is 41.8 Å². The summed E-state index contributed by atoms with van der Waals surface area (Å²) in [5.41, 5.74) is -1.99. The van der Waals surface area contributed by atoms with Gasteiger partial charge in [-0.15, -0.1) is 0 Å². The molecule has 0 bridgehead atoms. The van der Waals surface area contributed by atoms with Crippen LogP contribution >= 0.6 is 0 Å². The van der Waals surface area contributed by atoms with E-state index in [4.69, 9.17) is 14.2 Å². The van der Waals surface area contributed by atoms with Crippen LogP contribution in [0.1, 0.15) is 92.4 Å². The van der Waals surface area contributed by atoms with E-state index in [1.54, 1.807) is 34.1 Å². The first kappa shape index (κ1) is 38.7. The Balaban J connectivity index is 1.35. The van der Waals surface area contributed by atoms with E-state index in [9.17, 15) is 27.6 Å². The highest BCUT2D eigenvalue weighted by atomic mass is 32.2. The summed E-state index contributed by atoms with van der Waals surface area (Å²) in [6, 6.07) is 6.53. The second kappa shape index (κ2) is 15.0. The van der Waals surface area contributed by atoms with Gasteiger partial charge in [-0.1, -0.05) is 44.2 Å². The Morgan fingerprint density at radius 1 is 1.06 bits per heavy atom. The van der Waals surface area contributed by atoms with Gasteiger partial charge in [0.1, 0.15) is 17.5 Å². The number of aromatic nitrogens is 1. The third-order valence-electron chi connectivity index (χ3n) is 11.2. The zero-order chi connectivity index (χ0) is 38.3. The molecule has 3 heterocycles. The fourth-order valence-electron chi connectivity index (χ4n) is 8.10. The number of rotatable bonds is 8. The molecule has 53 heavy (non-hydrogen) atoms. The Labute approximate surface area is 312 Å². The second-order valence-electron chi connectivity index (χ2n) is 16.7. The quantitative estimate of drug-likeness (QED) is 0.269. The number of ketones is 1. The van der Waals surface area contributed by atoms with Crippen LogP contribution in [0.25, 0.3) is 10.8 Å². The van der Waals surface area contributed by atoms with Gasteiger partial charge in [-0.05, 0) is 83.1 Å². The Morgan fingerprint density at radius 2 is 1.77 bits per heavy atom. The number of fused-ring (bicyclic) bond motifs is 3. The van der Waals surface area contributed by atoms with Gasteiger partial charge in [0.15, 0.2) is 5.78 Å². The molecule has 2 amide bonds. The van der Waals surface area contributed by atoms with Gasteiger partial charge in [-0.2, -0.15) is 0 Å². The first-order valence-corrected chi connectivity index (χ1v) is 20.4. The zero-order valence-corrected chi connectivity index (χ0v) is 32.4. The van der Waals surface area contributed by atoms with E-state index < -0.39 is 56.2 Å². The number of hydrogen-bond donors (Lipinski definition) is 1. The monoisotopic (exact) mass is 751 g/mol. The molecule has 2 saturated carbocycles. The van der Waals surface area contributed by atoms with Crippen molar-refractivity contribution in [2.24, 2.45) is 29.1 Å². The van der Waals surface area contributed by atoms with Crippen LogP contribution in [0, 0.1) is 29.1 Å². The number of pyridine rings is 1. The van der Waals surface area contributed by atoms with Crippen LogP contribution in [0.3, 0.4) is 0 Å². The molecule has 12 nitrogen and oxygen atoms in total. The molecule has 2 aliphatic carbocycles. The van der Waals surface area contributed by atoms with E-state index in [1.165, 1.54) is 4.90 Å². The number of Topliss-reactive ketones (excluding diaryl/α,β-unsaturated/α-hetero) is 1. The van der Waals surface area contributed by atoms with Crippen LogP contribution in [0.2, 0.25) is 0 Å². The summed E-state index contributed by atoms with van der Waals surface area (Å²) in [7, 11) is -2.28. The molecule has 1 aromatic heterocycles. The summed E-state index contributed by atoms with van der Waals surface area (Å²) < 4.78 is 45.7. The topological polar surface area (TPSA) is 158 Å². The lowest BCUT2D eigenvalue weighted by atomic mass is 9.82. The summed E-state index contributed by atoms with van der Waals surface area (Å²) >= 11 is 0. The molecular formula is C40H53N3O9S. The molecule has 1 unspecified atom stereocenters. The maximum Gasteiger partial charge on any atom is 0.307 e. The van der Waals surface area contributed by atoms with Crippen molar-refractivity contribution in [3.05, 3.63) is 42.6 Å². The summed E-state index contributed by atoms with van der Waals surface area (Å²) in [6.07, 6.45) is 8.19. The van der Waals surface area contributed by atoms with Gasteiger partial charge < -0.3 is 19.1 Å². The lowest BCUT2D eigenvalue weighted by Crippen LogP contribution is -2.47. The predicted octanol–water partition coefficient (Wildman–Crippen LogP) is 5.53. The highest BCUT2D eigenvalue weighted by Crippen LogP contribution is 2.57. The predicted molar refractivity (Wildman–Crippen MR) is 198 cm³/mol. The lowest BCUT2D eigenvalue weighted by Gasteiger charge is -2.32. The van der Waals surface area contributed by atoms with Crippen LogP contribution in [-0.2, 0) is 33.9 Å². The number of nitrogens with one attached hydrogen (secondary N) is 1. The number of nitrogens with zero attached hydrogens (tertiary/aromatic N) is 2. The standard InChI is InChI=1S/C40H53N3O9S/c1-24-11-7-8-12-26-20-40(26,38(47)42-53(48,49)28-15-16-28)21-33(44)32-18-27(51-36-30-14-10-9-13-29(30)34(50-6)22-41-36)23-43(32)37(46)31(25(2)17-24)19-35(45)52-39(3,4)5/h8-10,12-14,22,24-28,31-32H,7,11,15-21,23H2,1-6H3,(H,42,47)/b12-8-/t24-,25+,26+,27+,31?,32-,40+/m0/s1.